The van der Waals surface area contributed by atoms with Gasteiger partial charge in [-0.3, -0.25) is 4.79 Å². The Kier molecular flexibility index (Phi) is 4.92. The summed E-state index contributed by atoms with van der Waals surface area (Å²) in [6.45, 7) is 6.86. The number of carbonyl (C=O) groups excluding carboxylic acids is 1. The van der Waals surface area contributed by atoms with Crippen molar-refractivity contribution >= 4 is 5.78 Å². The lowest BCUT2D eigenvalue weighted by molar-refractivity contribution is -0.321. The third kappa shape index (κ3) is 2.97. The molecule has 4 N–H and O–H groups in total. The van der Waals surface area contributed by atoms with Gasteiger partial charge in [0.2, 0.25) is 0 Å². The molecule has 0 amide bonds. The fourth-order valence-corrected chi connectivity index (χ4v) is 7.57. The van der Waals surface area contributed by atoms with Crippen molar-refractivity contribution in [1.82, 2.24) is 0 Å². The maximum atomic E-state index is 13.2. The quantitative estimate of drug-likeness (QED) is 0.475. The molecule has 2 aliphatic heterocycles. The summed E-state index contributed by atoms with van der Waals surface area (Å²) in [5.74, 6) is -0.0323. The normalized spacial score (nSPS) is 51.0. The summed E-state index contributed by atoms with van der Waals surface area (Å²) in [6, 6.07) is 6.36. The number of aliphatic hydroxyl groups excluding tert-OH is 1. The second-order valence-electron chi connectivity index (χ2n) is 12.2. The van der Waals surface area contributed by atoms with E-state index in [1.54, 1.807) is 12.2 Å². The van der Waals surface area contributed by atoms with Crippen LogP contribution in [0.4, 0.5) is 0 Å². The Labute approximate surface area is 205 Å². The SMILES string of the molecule is CC(c1ccc2c(c1)CCC1C2C2OC2C2(O)CC=CC(=O)C12C)C1CC(C)(O)C(C)(O)C(O)O1. The van der Waals surface area contributed by atoms with Gasteiger partial charge < -0.3 is 29.9 Å². The molecular weight excluding hydrogens is 448 g/mol. The van der Waals surface area contributed by atoms with Crippen LogP contribution in [0.2, 0.25) is 0 Å². The summed E-state index contributed by atoms with van der Waals surface area (Å²) in [6.07, 6.45) is 3.35. The molecule has 6 rings (SSSR count). The first kappa shape index (κ1) is 23.8. The van der Waals surface area contributed by atoms with E-state index >= 15 is 0 Å². The number of fused-ring (bicyclic) bond motifs is 8. The minimum absolute atomic E-state index is 0.000154. The molecular formula is C28H36O7. The molecule has 11 unspecified atom stereocenters. The Morgan fingerprint density at radius 1 is 1.11 bits per heavy atom. The first-order valence-corrected chi connectivity index (χ1v) is 12.8. The van der Waals surface area contributed by atoms with E-state index in [9.17, 15) is 25.2 Å². The lowest BCUT2D eigenvalue weighted by Gasteiger charge is -2.55. The highest BCUT2D eigenvalue weighted by atomic mass is 16.6. The molecule has 0 bridgehead atoms. The van der Waals surface area contributed by atoms with Crippen molar-refractivity contribution in [1.29, 1.82) is 0 Å². The molecule has 0 aromatic heterocycles. The number of aliphatic hydroxyl groups is 4. The van der Waals surface area contributed by atoms with Crippen molar-refractivity contribution in [3.8, 4) is 0 Å². The first-order valence-electron chi connectivity index (χ1n) is 12.8. The molecule has 1 aromatic carbocycles. The summed E-state index contributed by atoms with van der Waals surface area (Å²) in [4.78, 5) is 13.2. The third-order valence-corrected chi connectivity index (χ3v) is 10.4. The van der Waals surface area contributed by atoms with Crippen LogP contribution in [0.25, 0.3) is 0 Å². The van der Waals surface area contributed by atoms with Crippen LogP contribution in [0.5, 0.6) is 0 Å². The Morgan fingerprint density at radius 3 is 2.57 bits per heavy atom. The highest BCUT2D eigenvalue weighted by Crippen LogP contribution is 2.66. The monoisotopic (exact) mass is 484 g/mol. The lowest BCUT2D eigenvalue weighted by Crippen LogP contribution is -2.65. The molecule has 1 saturated carbocycles. The number of benzene rings is 1. The minimum atomic E-state index is -1.75. The van der Waals surface area contributed by atoms with Gasteiger partial charge in [0, 0.05) is 18.3 Å². The fraction of sp³-hybridized carbons (Fsp3) is 0.679. The van der Waals surface area contributed by atoms with Gasteiger partial charge >= 0.3 is 0 Å². The van der Waals surface area contributed by atoms with Crippen LogP contribution in [-0.2, 0) is 20.7 Å². The maximum Gasteiger partial charge on any atom is 0.186 e. The van der Waals surface area contributed by atoms with E-state index in [1.165, 1.54) is 25.0 Å². The van der Waals surface area contributed by atoms with E-state index in [0.29, 0.717) is 6.42 Å². The van der Waals surface area contributed by atoms with Crippen molar-refractivity contribution in [2.45, 2.75) is 107 Å². The number of aryl methyl sites for hydroxylation is 1. The summed E-state index contributed by atoms with van der Waals surface area (Å²) >= 11 is 0. The first-order chi connectivity index (χ1) is 16.3. The number of ketones is 1. The van der Waals surface area contributed by atoms with E-state index < -0.39 is 34.6 Å². The topological polar surface area (TPSA) is 120 Å². The molecule has 5 aliphatic rings. The molecule has 3 aliphatic carbocycles. The Morgan fingerprint density at radius 2 is 1.86 bits per heavy atom. The average molecular weight is 485 g/mol. The van der Waals surface area contributed by atoms with Crippen LogP contribution in [0.15, 0.2) is 30.4 Å². The zero-order chi connectivity index (χ0) is 25.1. The van der Waals surface area contributed by atoms with Crippen molar-refractivity contribution < 1.29 is 34.7 Å². The molecule has 2 heterocycles. The van der Waals surface area contributed by atoms with E-state index in [2.05, 4.69) is 18.2 Å². The number of carbonyl (C=O) groups is 1. The molecule has 7 nitrogen and oxygen atoms in total. The summed E-state index contributed by atoms with van der Waals surface area (Å²) < 4.78 is 11.8. The largest absolute Gasteiger partial charge is 0.387 e. The molecule has 11 atom stereocenters. The number of ether oxygens (including phenoxy) is 2. The van der Waals surface area contributed by atoms with Gasteiger partial charge in [-0.15, -0.1) is 0 Å². The molecule has 7 heteroatoms. The Bertz CT molecular complexity index is 1110. The summed E-state index contributed by atoms with van der Waals surface area (Å²) in [5, 5.41) is 43.3. The Hall–Kier alpha value is -1.61. The van der Waals surface area contributed by atoms with Crippen LogP contribution >= 0.6 is 0 Å². The van der Waals surface area contributed by atoms with Crippen LogP contribution < -0.4 is 0 Å². The van der Waals surface area contributed by atoms with Gasteiger partial charge in [-0.05, 0) is 68.7 Å². The highest BCUT2D eigenvalue weighted by molar-refractivity contribution is 5.97. The van der Waals surface area contributed by atoms with Crippen molar-refractivity contribution in [2.24, 2.45) is 11.3 Å². The fourth-order valence-electron chi connectivity index (χ4n) is 7.57. The number of epoxide rings is 1. The van der Waals surface area contributed by atoms with E-state index in [1.807, 2.05) is 13.8 Å². The predicted octanol–water partition coefficient (Wildman–Crippen LogP) is 2.09. The predicted molar refractivity (Wildman–Crippen MR) is 127 cm³/mol. The zero-order valence-electron chi connectivity index (χ0n) is 20.8. The Balaban J connectivity index is 1.31. The van der Waals surface area contributed by atoms with E-state index in [-0.39, 0.29) is 42.2 Å². The molecule has 190 valence electrons. The lowest BCUT2D eigenvalue weighted by atomic mass is 9.48. The van der Waals surface area contributed by atoms with Gasteiger partial charge in [-0.1, -0.05) is 31.2 Å². The smallest absolute Gasteiger partial charge is 0.186 e. The average Bonchev–Trinajstić information content (AvgIpc) is 3.60. The molecule has 35 heavy (non-hydrogen) atoms. The number of allylic oxidation sites excluding steroid dienone is 1. The standard InChI is InChI=1S/C28H36O7/c1-14(19-13-25(2,31)27(4,32)24(30)34-19)15-7-9-17-16(12-15)8-10-18-21(17)22-23(35-22)28(33)11-5-6-20(29)26(18,28)3/h5-7,9,12,14,18-19,21-24,30-33H,8,10-11,13H2,1-4H3. The van der Waals surface area contributed by atoms with Gasteiger partial charge in [-0.25, -0.2) is 0 Å². The second kappa shape index (κ2) is 7.24. The third-order valence-electron chi connectivity index (χ3n) is 10.4. The zero-order valence-corrected chi connectivity index (χ0v) is 20.8. The minimum Gasteiger partial charge on any atom is -0.387 e. The highest BCUT2D eigenvalue weighted by Gasteiger charge is 2.75. The molecule has 1 aromatic rings. The van der Waals surface area contributed by atoms with Gasteiger partial charge in [0.05, 0.1) is 23.2 Å². The van der Waals surface area contributed by atoms with Crippen LogP contribution in [-0.4, -0.2) is 67.6 Å². The van der Waals surface area contributed by atoms with Gasteiger partial charge in [-0.2, -0.15) is 0 Å². The summed E-state index contributed by atoms with van der Waals surface area (Å²) in [7, 11) is 0. The maximum absolute atomic E-state index is 13.2. The van der Waals surface area contributed by atoms with Crippen LogP contribution in [0.1, 0.15) is 75.5 Å². The van der Waals surface area contributed by atoms with Gasteiger partial charge in [0.1, 0.15) is 17.3 Å². The van der Waals surface area contributed by atoms with Crippen LogP contribution in [0.3, 0.4) is 0 Å². The number of rotatable bonds is 2. The van der Waals surface area contributed by atoms with E-state index in [4.69, 9.17) is 9.47 Å². The van der Waals surface area contributed by atoms with Crippen molar-refractivity contribution in [3.05, 3.63) is 47.0 Å². The molecule has 0 radical (unpaired) electrons. The van der Waals surface area contributed by atoms with Crippen molar-refractivity contribution in [3.63, 3.8) is 0 Å². The van der Waals surface area contributed by atoms with Gasteiger partial charge in [0.25, 0.3) is 0 Å². The summed E-state index contributed by atoms with van der Waals surface area (Å²) in [5.41, 5.74) is -1.79. The molecule has 2 saturated heterocycles. The number of hydrogen-bond donors (Lipinski definition) is 4. The molecule has 3 fully saturated rings. The van der Waals surface area contributed by atoms with Crippen molar-refractivity contribution in [2.75, 3.05) is 0 Å². The van der Waals surface area contributed by atoms with Gasteiger partial charge in [0.15, 0.2) is 12.1 Å². The second-order valence-corrected chi connectivity index (χ2v) is 12.2. The van der Waals surface area contributed by atoms with Crippen LogP contribution in [0, 0.1) is 11.3 Å². The number of hydrogen-bond acceptors (Lipinski definition) is 7. The van der Waals surface area contributed by atoms with E-state index in [0.717, 1.165) is 18.4 Å². The molecule has 0 spiro atoms.